The van der Waals surface area contributed by atoms with Crippen LogP contribution in [0.4, 0.5) is 14.5 Å². The fourth-order valence-electron chi connectivity index (χ4n) is 3.54. The lowest BCUT2D eigenvalue weighted by atomic mass is 10.1. The number of halogens is 3. The van der Waals surface area contributed by atoms with Crippen molar-refractivity contribution in [3.05, 3.63) is 57.2 Å². The Hall–Kier alpha value is -1.75. The molecule has 1 amide bonds. The quantitative estimate of drug-likeness (QED) is 0.539. The number of hydrogen-bond donors (Lipinski definition) is 0. The third-order valence-electron chi connectivity index (χ3n) is 5.22. The number of carbonyl (C=O) groups excluding carboxylic acids is 1. The Morgan fingerprint density at radius 2 is 1.77 bits per heavy atom. The number of carbonyl (C=O) groups is 1. The zero-order valence-electron chi connectivity index (χ0n) is 16.9. The highest BCUT2D eigenvalue weighted by molar-refractivity contribution is 14.1. The van der Waals surface area contributed by atoms with Crippen LogP contribution in [0.15, 0.2) is 47.4 Å². The van der Waals surface area contributed by atoms with Crippen LogP contribution in [-0.4, -0.2) is 51.2 Å². The second-order valence-electron chi connectivity index (χ2n) is 7.64. The topological polar surface area (TPSA) is 57.7 Å². The predicted molar refractivity (Wildman–Crippen MR) is 121 cm³/mol. The van der Waals surface area contributed by atoms with Crippen molar-refractivity contribution in [2.24, 2.45) is 0 Å². The van der Waals surface area contributed by atoms with Gasteiger partial charge in [-0.15, -0.1) is 0 Å². The van der Waals surface area contributed by atoms with Crippen molar-refractivity contribution in [3.8, 4) is 0 Å². The molecule has 0 aliphatic carbocycles. The number of rotatable bonds is 4. The summed E-state index contributed by atoms with van der Waals surface area (Å²) < 4.78 is 51.3. The Kier molecular flexibility index (Phi) is 6.43. The average Bonchev–Trinajstić information content (AvgIpc) is 2.66. The summed E-state index contributed by atoms with van der Waals surface area (Å²) in [7, 11) is -3.41. The molecule has 1 aliphatic heterocycles. The van der Waals surface area contributed by atoms with Gasteiger partial charge in [-0.2, -0.15) is 0 Å². The highest BCUT2D eigenvalue weighted by Gasteiger charge is 2.30. The largest absolute Gasteiger partial charge is 0.365 e. The molecule has 30 heavy (non-hydrogen) atoms. The van der Waals surface area contributed by atoms with E-state index in [-0.39, 0.29) is 22.4 Å². The minimum Gasteiger partial charge on any atom is -0.365 e. The average molecular weight is 548 g/mol. The summed E-state index contributed by atoms with van der Waals surface area (Å²) in [6, 6.07) is 10.8. The summed E-state index contributed by atoms with van der Waals surface area (Å²) in [6.45, 7) is 4.30. The first-order chi connectivity index (χ1) is 13.9. The summed E-state index contributed by atoms with van der Waals surface area (Å²) in [4.78, 5) is 17.0. The van der Waals surface area contributed by atoms with E-state index < -0.39 is 15.8 Å². The van der Waals surface area contributed by atoms with Gasteiger partial charge in [-0.25, -0.2) is 17.2 Å². The first kappa shape index (κ1) is 22.9. The molecule has 1 aliphatic rings. The maximum absolute atomic E-state index is 13.4. The van der Waals surface area contributed by atoms with Crippen LogP contribution in [0, 0.1) is 3.57 Å². The van der Waals surface area contributed by atoms with Gasteiger partial charge in [0.1, 0.15) is 0 Å². The van der Waals surface area contributed by atoms with Gasteiger partial charge in [0, 0.05) is 53.7 Å². The smallest absolute Gasteiger partial charge is 0.270 e. The fraction of sp³-hybridized carbons (Fsp3) is 0.381. The van der Waals surface area contributed by atoms with Crippen molar-refractivity contribution in [2.75, 3.05) is 30.8 Å². The van der Waals surface area contributed by atoms with Crippen molar-refractivity contribution in [1.82, 2.24) is 4.90 Å². The number of nitrogens with zero attached hydrogens (tertiary/aromatic N) is 2. The van der Waals surface area contributed by atoms with Crippen molar-refractivity contribution < 1.29 is 22.0 Å². The zero-order chi connectivity index (χ0) is 22.3. The Morgan fingerprint density at radius 3 is 2.30 bits per heavy atom. The van der Waals surface area contributed by atoms with Crippen LogP contribution in [0.2, 0.25) is 0 Å². The highest BCUT2D eigenvalue weighted by atomic mass is 127. The van der Waals surface area contributed by atoms with E-state index in [1.54, 1.807) is 23.1 Å². The molecule has 1 fully saturated rings. The lowest BCUT2D eigenvalue weighted by Gasteiger charge is -2.41. The molecule has 0 N–H and O–H groups in total. The van der Waals surface area contributed by atoms with Crippen LogP contribution < -0.4 is 4.90 Å². The molecule has 2 aromatic carbocycles. The normalized spacial score (nSPS) is 17.9. The summed E-state index contributed by atoms with van der Waals surface area (Å²) >= 11 is 2.03. The van der Waals surface area contributed by atoms with Gasteiger partial charge < -0.3 is 9.80 Å². The van der Waals surface area contributed by atoms with Crippen molar-refractivity contribution in [1.29, 1.82) is 0 Å². The van der Waals surface area contributed by atoms with Gasteiger partial charge in [0.2, 0.25) is 0 Å². The van der Waals surface area contributed by atoms with E-state index in [0.717, 1.165) is 18.9 Å². The van der Waals surface area contributed by atoms with Gasteiger partial charge >= 0.3 is 0 Å². The summed E-state index contributed by atoms with van der Waals surface area (Å²) in [5.41, 5.74) is 1.16. The van der Waals surface area contributed by atoms with Gasteiger partial charge in [-0.05, 0) is 59.8 Å². The molecular formula is C21H23F2IN2O3S. The Balaban J connectivity index is 1.76. The second kappa shape index (κ2) is 8.41. The van der Waals surface area contributed by atoms with E-state index in [1.807, 2.05) is 29.5 Å². The molecule has 0 bridgehead atoms. The maximum Gasteiger partial charge on any atom is 0.270 e. The number of amides is 1. The lowest BCUT2D eigenvalue weighted by Crippen LogP contribution is -2.53. The van der Waals surface area contributed by atoms with Crippen LogP contribution in [0.3, 0.4) is 0 Å². The SMILES string of the molecule is CC1CN(C(=O)c2cc(S(C)(=O)=O)ccc2I)CCN1c1ccc(C(C)(F)F)cc1. The standard InChI is InChI=1S/C21H23F2IN2O3S/c1-14-13-25(20(27)18-12-17(30(3,28)29)8-9-19(18)24)10-11-26(14)16-6-4-15(5-7-16)21(2,22)23/h4-9,12,14H,10-11,13H2,1-3H3. The zero-order valence-corrected chi connectivity index (χ0v) is 19.9. The molecule has 2 aromatic rings. The molecule has 162 valence electrons. The van der Waals surface area contributed by atoms with E-state index >= 15 is 0 Å². The van der Waals surface area contributed by atoms with Gasteiger partial charge in [0.15, 0.2) is 9.84 Å². The first-order valence-electron chi connectivity index (χ1n) is 9.42. The molecule has 0 saturated carbocycles. The number of benzene rings is 2. The van der Waals surface area contributed by atoms with E-state index in [2.05, 4.69) is 4.90 Å². The van der Waals surface area contributed by atoms with Crippen molar-refractivity contribution >= 4 is 44.0 Å². The Morgan fingerprint density at radius 1 is 1.13 bits per heavy atom. The third kappa shape index (κ3) is 4.93. The molecule has 0 radical (unpaired) electrons. The molecule has 9 heteroatoms. The number of hydrogen-bond acceptors (Lipinski definition) is 4. The number of alkyl halides is 2. The number of piperazine rings is 1. The van der Waals surface area contributed by atoms with E-state index in [4.69, 9.17) is 0 Å². The van der Waals surface area contributed by atoms with Crippen LogP contribution in [0.1, 0.15) is 29.8 Å². The molecule has 0 spiro atoms. The van der Waals surface area contributed by atoms with E-state index in [9.17, 15) is 22.0 Å². The lowest BCUT2D eigenvalue weighted by molar-refractivity contribution is 0.0174. The predicted octanol–water partition coefficient (Wildman–Crippen LogP) is 4.16. The minimum atomic E-state index is -3.41. The molecule has 1 heterocycles. The summed E-state index contributed by atoms with van der Waals surface area (Å²) in [5, 5.41) is 0. The van der Waals surface area contributed by atoms with Crippen molar-refractivity contribution in [2.45, 2.75) is 30.7 Å². The monoisotopic (exact) mass is 548 g/mol. The molecule has 3 rings (SSSR count). The first-order valence-corrected chi connectivity index (χ1v) is 12.4. The van der Waals surface area contributed by atoms with E-state index in [1.165, 1.54) is 24.3 Å². The van der Waals surface area contributed by atoms with Crippen LogP contribution in [0.5, 0.6) is 0 Å². The molecular weight excluding hydrogens is 525 g/mol. The number of anilines is 1. The summed E-state index contributed by atoms with van der Waals surface area (Å²) in [5.74, 6) is -3.09. The molecule has 5 nitrogen and oxygen atoms in total. The molecule has 1 atom stereocenters. The minimum absolute atomic E-state index is 0.0218. The third-order valence-corrected chi connectivity index (χ3v) is 7.27. The van der Waals surface area contributed by atoms with E-state index in [0.29, 0.717) is 28.8 Å². The summed E-state index contributed by atoms with van der Waals surface area (Å²) in [6.07, 6.45) is 1.12. The van der Waals surface area contributed by atoms with Crippen LogP contribution in [0.25, 0.3) is 0 Å². The second-order valence-corrected chi connectivity index (χ2v) is 10.8. The van der Waals surface area contributed by atoms with Crippen LogP contribution in [-0.2, 0) is 15.8 Å². The molecule has 0 aromatic heterocycles. The highest BCUT2D eigenvalue weighted by Crippen LogP contribution is 2.30. The van der Waals surface area contributed by atoms with Gasteiger partial charge in [0.05, 0.1) is 10.5 Å². The number of sulfone groups is 1. The van der Waals surface area contributed by atoms with Gasteiger partial charge in [0.25, 0.3) is 11.8 Å². The van der Waals surface area contributed by atoms with Crippen molar-refractivity contribution in [3.63, 3.8) is 0 Å². The fourth-order valence-corrected chi connectivity index (χ4v) is 4.75. The Labute approximate surface area is 189 Å². The van der Waals surface area contributed by atoms with Crippen LogP contribution >= 0.6 is 22.6 Å². The molecule has 1 saturated heterocycles. The van der Waals surface area contributed by atoms with Gasteiger partial charge in [-0.3, -0.25) is 4.79 Å². The molecule has 1 unspecified atom stereocenters. The Bertz CT molecular complexity index is 1050. The van der Waals surface area contributed by atoms with Gasteiger partial charge in [-0.1, -0.05) is 12.1 Å². The maximum atomic E-state index is 13.4.